The Morgan fingerprint density at radius 2 is 1.77 bits per heavy atom. The third-order valence-electron chi connectivity index (χ3n) is 5.67. The number of carbonyl (C=O) groups is 1. The molecule has 0 bridgehead atoms. The van der Waals surface area contributed by atoms with Crippen LogP contribution in [-0.2, 0) is 10.2 Å². The van der Waals surface area contributed by atoms with E-state index in [0.29, 0.717) is 5.75 Å². The highest BCUT2D eigenvalue weighted by atomic mass is 32.2. The van der Waals surface area contributed by atoms with Crippen LogP contribution < -0.4 is 4.90 Å². The van der Waals surface area contributed by atoms with Crippen molar-refractivity contribution in [3.8, 4) is 5.69 Å². The lowest BCUT2D eigenvalue weighted by Crippen LogP contribution is -2.24. The monoisotopic (exact) mass is 418 g/mol. The molecule has 0 unspecified atom stereocenters. The summed E-state index contributed by atoms with van der Waals surface area (Å²) in [4.78, 5) is 15.0. The minimum atomic E-state index is -0.204. The van der Waals surface area contributed by atoms with Crippen molar-refractivity contribution < 1.29 is 4.79 Å². The Balaban J connectivity index is 1.54. The molecule has 0 radical (unpaired) electrons. The first kappa shape index (κ1) is 20.4. The molecule has 2 heterocycles. The van der Waals surface area contributed by atoms with Gasteiger partial charge in [0.05, 0.1) is 5.75 Å². The van der Waals surface area contributed by atoms with E-state index in [0.717, 1.165) is 28.1 Å². The number of anilines is 1. The molecule has 0 N–H and O–H groups in total. The summed E-state index contributed by atoms with van der Waals surface area (Å²) in [5.74, 6) is 1.19. The summed E-state index contributed by atoms with van der Waals surface area (Å²) in [6.45, 7) is 8.32. The van der Waals surface area contributed by atoms with Crippen molar-refractivity contribution in [2.75, 3.05) is 17.7 Å². The van der Waals surface area contributed by atoms with Crippen LogP contribution in [0, 0.1) is 13.8 Å². The normalized spacial score (nSPS) is 16.2. The van der Waals surface area contributed by atoms with Crippen molar-refractivity contribution >= 4 is 23.2 Å². The minimum Gasteiger partial charge on any atom is -0.347 e. The number of aromatic nitrogens is 3. The van der Waals surface area contributed by atoms with Crippen molar-refractivity contribution in [3.05, 3.63) is 77.3 Å². The number of aryl methyl sites for hydroxylation is 2. The zero-order chi connectivity index (χ0) is 21.5. The molecule has 30 heavy (non-hydrogen) atoms. The molecule has 0 atom stereocenters. The van der Waals surface area contributed by atoms with Crippen molar-refractivity contribution in [1.82, 2.24) is 14.8 Å². The smallest absolute Gasteiger partial charge is 0.196 e. The van der Waals surface area contributed by atoms with Crippen LogP contribution in [0.5, 0.6) is 0 Å². The Hall–Kier alpha value is -2.86. The summed E-state index contributed by atoms with van der Waals surface area (Å²) in [5.41, 5.74) is 5.42. The highest BCUT2D eigenvalue weighted by molar-refractivity contribution is 7.99. The number of para-hydroxylation sites is 1. The molecule has 0 aliphatic carbocycles. The number of rotatable bonds is 5. The van der Waals surface area contributed by atoms with Crippen molar-refractivity contribution in [2.24, 2.45) is 0 Å². The molecule has 0 saturated carbocycles. The maximum Gasteiger partial charge on any atom is 0.196 e. The quantitative estimate of drug-likeness (QED) is 0.438. The summed E-state index contributed by atoms with van der Waals surface area (Å²) in [7, 11) is 2.03. The molecule has 1 aliphatic rings. The average molecular weight is 419 g/mol. The number of fused-ring (bicyclic) bond motifs is 1. The Morgan fingerprint density at radius 1 is 1.07 bits per heavy atom. The van der Waals surface area contributed by atoms with Crippen molar-refractivity contribution in [1.29, 1.82) is 0 Å². The first-order chi connectivity index (χ1) is 14.3. The van der Waals surface area contributed by atoms with Crippen LogP contribution in [0.1, 0.15) is 30.8 Å². The van der Waals surface area contributed by atoms with Crippen molar-refractivity contribution in [3.63, 3.8) is 0 Å². The molecule has 0 fully saturated rings. The molecule has 0 amide bonds. The number of benzene rings is 2. The van der Waals surface area contributed by atoms with Gasteiger partial charge in [-0.2, -0.15) is 0 Å². The van der Waals surface area contributed by atoms with E-state index in [2.05, 4.69) is 66.2 Å². The maximum atomic E-state index is 12.9. The first-order valence-electron chi connectivity index (χ1n) is 9.99. The molecule has 0 spiro atoms. The molecule has 0 saturated heterocycles. The van der Waals surface area contributed by atoms with Gasteiger partial charge in [0.25, 0.3) is 0 Å². The van der Waals surface area contributed by atoms with Gasteiger partial charge in [-0.3, -0.25) is 9.36 Å². The van der Waals surface area contributed by atoms with Crippen LogP contribution in [-0.4, -0.2) is 33.3 Å². The fourth-order valence-corrected chi connectivity index (χ4v) is 4.84. The van der Waals surface area contributed by atoms with Gasteiger partial charge in [0, 0.05) is 35.6 Å². The Bertz CT molecular complexity index is 1130. The average Bonchev–Trinajstić information content (AvgIpc) is 3.18. The van der Waals surface area contributed by atoms with Gasteiger partial charge in [-0.1, -0.05) is 61.5 Å². The van der Waals surface area contributed by atoms with Crippen LogP contribution in [0.4, 0.5) is 5.69 Å². The van der Waals surface area contributed by atoms with E-state index in [-0.39, 0.29) is 11.2 Å². The largest absolute Gasteiger partial charge is 0.347 e. The van der Waals surface area contributed by atoms with Gasteiger partial charge in [0.2, 0.25) is 0 Å². The molecular formula is C24H26N4OS. The number of hydrogen-bond donors (Lipinski definition) is 0. The van der Waals surface area contributed by atoms with E-state index in [4.69, 9.17) is 0 Å². The fraction of sp³-hybridized carbons (Fsp3) is 0.292. The number of ketones is 1. The molecule has 154 valence electrons. The van der Waals surface area contributed by atoms with E-state index in [1.165, 1.54) is 22.9 Å². The van der Waals surface area contributed by atoms with Crippen molar-refractivity contribution in [2.45, 2.75) is 38.3 Å². The second-order valence-electron chi connectivity index (χ2n) is 8.19. The van der Waals surface area contributed by atoms with Crippen LogP contribution in [0.2, 0.25) is 0 Å². The van der Waals surface area contributed by atoms with Gasteiger partial charge >= 0.3 is 0 Å². The predicted octanol–water partition coefficient (Wildman–Crippen LogP) is 4.86. The molecule has 5 nitrogen and oxygen atoms in total. The Morgan fingerprint density at radius 3 is 2.47 bits per heavy atom. The highest BCUT2D eigenvalue weighted by Gasteiger charge is 2.38. The Labute approximate surface area is 181 Å². The van der Waals surface area contributed by atoms with E-state index in [9.17, 15) is 4.79 Å². The van der Waals surface area contributed by atoms with Crippen LogP contribution >= 0.6 is 11.8 Å². The number of hydrogen-bond acceptors (Lipinski definition) is 5. The van der Waals surface area contributed by atoms with Gasteiger partial charge in [-0.15, -0.1) is 10.2 Å². The number of thioether (sulfide) groups is 1. The number of carbonyl (C=O) groups excluding carboxylic acids is 1. The van der Waals surface area contributed by atoms with Crippen LogP contribution in [0.15, 0.2) is 65.5 Å². The minimum absolute atomic E-state index is 0.0684. The van der Waals surface area contributed by atoms with Gasteiger partial charge < -0.3 is 4.90 Å². The van der Waals surface area contributed by atoms with E-state index in [1.807, 2.05) is 36.7 Å². The standard InChI is InChI=1S/C24H26N4OS/c1-16-10-12-18(13-11-16)28-17(2)25-26-23(28)30-15-19(29)14-22-24(3,4)20-8-6-7-9-21(20)27(22)5/h6-14H,15H2,1-5H3/b22-14+. The summed E-state index contributed by atoms with van der Waals surface area (Å²) in [6, 6.07) is 16.5. The zero-order valence-electron chi connectivity index (χ0n) is 18.0. The predicted molar refractivity (Wildman–Crippen MR) is 123 cm³/mol. The number of nitrogens with zero attached hydrogens (tertiary/aromatic N) is 4. The van der Waals surface area contributed by atoms with Gasteiger partial charge in [-0.05, 0) is 37.6 Å². The molecule has 6 heteroatoms. The van der Waals surface area contributed by atoms with E-state index in [1.54, 1.807) is 6.08 Å². The lowest BCUT2D eigenvalue weighted by atomic mass is 9.83. The topological polar surface area (TPSA) is 51.0 Å². The molecule has 4 rings (SSSR count). The second-order valence-corrected chi connectivity index (χ2v) is 9.13. The third-order valence-corrected chi connectivity index (χ3v) is 6.62. The molecular weight excluding hydrogens is 392 g/mol. The third kappa shape index (κ3) is 3.56. The summed E-state index contributed by atoms with van der Waals surface area (Å²) in [6.07, 6.45) is 1.78. The van der Waals surface area contributed by atoms with Gasteiger partial charge in [0.15, 0.2) is 10.9 Å². The number of allylic oxidation sites excluding steroid dienone is 2. The summed E-state index contributed by atoms with van der Waals surface area (Å²) < 4.78 is 1.99. The zero-order valence-corrected chi connectivity index (χ0v) is 18.8. The van der Waals surface area contributed by atoms with E-state index >= 15 is 0 Å². The highest BCUT2D eigenvalue weighted by Crippen LogP contribution is 2.46. The summed E-state index contributed by atoms with van der Waals surface area (Å²) in [5, 5.41) is 9.23. The molecule has 2 aromatic carbocycles. The molecule has 1 aliphatic heterocycles. The SMILES string of the molecule is Cc1ccc(-n2c(C)nnc2SCC(=O)/C=C2/N(C)c3ccccc3C2(C)C)cc1. The van der Waals surface area contributed by atoms with Gasteiger partial charge in [-0.25, -0.2) is 0 Å². The molecule has 1 aromatic heterocycles. The van der Waals surface area contributed by atoms with Crippen LogP contribution in [0.25, 0.3) is 5.69 Å². The fourth-order valence-electron chi connectivity index (χ4n) is 4.02. The number of likely N-dealkylation sites (N-methyl/N-ethyl adjacent to an activating group) is 1. The molecule has 3 aromatic rings. The van der Waals surface area contributed by atoms with E-state index < -0.39 is 0 Å². The lowest BCUT2D eigenvalue weighted by molar-refractivity contribution is -0.112. The first-order valence-corrected chi connectivity index (χ1v) is 11.0. The van der Waals surface area contributed by atoms with Gasteiger partial charge in [0.1, 0.15) is 5.82 Å². The maximum absolute atomic E-state index is 12.9. The lowest BCUT2D eigenvalue weighted by Gasteiger charge is -2.23. The Kier molecular flexibility index (Phi) is 5.28. The van der Waals surface area contributed by atoms with Crippen LogP contribution in [0.3, 0.4) is 0 Å². The summed E-state index contributed by atoms with van der Waals surface area (Å²) >= 11 is 1.42. The second kappa shape index (κ2) is 7.76.